The van der Waals surface area contributed by atoms with Gasteiger partial charge in [0.2, 0.25) is 10.0 Å². The van der Waals surface area contributed by atoms with E-state index in [1.165, 1.54) is 19.2 Å². The molecule has 1 rings (SSSR count). The Bertz CT molecular complexity index is 600. The summed E-state index contributed by atoms with van der Waals surface area (Å²) in [6.07, 6.45) is 1.08. The molecule has 0 aliphatic carbocycles. The van der Waals surface area contributed by atoms with Crippen LogP contribution in [-0.4, -0.2) is 34.2 Å². The predicted molar refractivity (Wildman–Crippen MR) is 81.9 cm³/mol. The summed E-state index contributed by atoms with van der Waals surface area (Å²) in [6.45, 7) is 4.54. The Kier molecular flexibility index (Phi) is 5.42. The monoisotopic (exact) mass is 318 g/mol. The van der Waals surface area contributed by atoms with Gasteiger partial charge in [-0.15, -0.1) is 0 Å². The van der Waals surface area contributed by atoms with Crippen LogP contribution in [-0.2, 0) is 10.0 Å². The Hall–Kier alpha value is -1.27. The van der Waals surface area contributed by atoms with E-state index < -0.39 is 10.0 Å². The summed E-state index contributed by atoms with van der Waals surface area (Å²) in [5.41, 5.74) is 0.659. The van der Waals surface area contributed by atoms with Gasteiger partial charge >= 0.3 is 0 Å². The lowest BCUT2D eigenvalue weighted by Gasteiger charge is -2.19. The van der Waals surface area contributed by atoms with Crippen LogP contribution < -0.4 is 9.62 Å². The SMILES string of the molecule is CC(C)CNC(=O)c1ccc(Cl)c(N(C)S(C)(=O)=O)c1. The van der Waals surface area contributed by atoms with E-state index in [4.69, 9.17) is 11.6 Å². The van der Waals surface area contributed by atoms with E-state index >= 15 is 0 Å². The Morgan fingerprint density at radius 2 is 2.00 bits per heavy atom. The fourth-order valence-corrected chi connectivity index (χ4v) is 2.28. The summed E-state index contributed by atoms with van der Waals surface area (Å²) in [5.74, 6) is 0.0860. The number of nitrogens with one attached hydrogen (secondary N) is 1. The summed E-state index contributed by atoms with van der Waals surface area (Å²) >= 11 is 5.99. The van der Waals surface area contributed by atoms with Crippen molar-refractivity contribution in [3.63, 3.8) is 0 Å². The number of rotatable bonds is 5. The van der Waals surface area contributed by atoms with Gasteiger partial charge in [-0.3, -0.25) is 9.10 Å². The molecule has 0 aliphatic heterocycles. The van der Waals surface area contributed by atoms with Gasteiger partial charge in [0.15, 0.2) is 0 Å². The predicted octanol–water partition coefficient (Wildman–Crippen LogP) is 2.12. The first kappa shape index (κ1) is 16.8. The van der Waals surface area contributed by atoms with Crippen molar-refractivity contribution < 1.29 is 13.2 Å². The van der Waals surface area contributed by atoms with E-state index in [1.807, 2.05) is 13.8 Å². The molecular weight excluding hydrogens is 300 g/mol. The second-order valence-electron chi connectivity index (χ2n) is 5.00. The average Bonchev–Trinajstić information content (AvgIpc) is 2.34. The minimum Gasteiger partial charge on any atom is -0.352 e. The standard InChI is InChI=1S/C13H19ClN2O3S/c1-9(2)8-15-13(17)10-5-6-11(14)12(7-10)16(3)20(4,18)19/h5-7,9H,8H2,1-4H3,(H,15,17). The number of nitrogens with zero attached hydrogens (tertiary/aromatic N) is 1. The van der Waals surface area contributed by atoms with Crippen molar-refractivity contribution >= 4 is 33.2 Å². The quantitative estimate of drug-likeness (QED) is 0.904. The van der Waals surface area contributed by atoms with Crippen LogP contribution in [0.25, 0.3) is 0 Å². The van der Waals surface area contributed by atoms with Crippen molar-refractivity contribution in [2.75, 3.05) is 24.2 Å². The molecule has 1 aromatic rings. The average molecular weight is 319 g/mol. The third-order valence-electron chi connectivity index (χ3n) is 2.72. The molecule has 1 N–H and O–H groups in total. The highest BCUT2D eigenvalue weighted by molar-refractivity contribution is 7.92. The van der Waals surface area contributed by atoms with Crippen LogP contribution >= 0.6 is 11.6 Å². The molecule has 0 bridgehead atoms. The van der Waals surface area contributed by atoms with Crippen LogP contribution in [0.2, 0.25) is 5.02 Å². The summed E-state index contributed by atoms with van der Waals surface area (Å²) in [5, 5.41) is 3.05. The van der Waals surface area contributed by atoms with Gasteiger partial charge in [-0.25, -0.2) is 8.42 Å². The first-order valence-electron chi connectivity index (χ1n) is 6.14. The maximum atomic E-state index is 12.0. The maximum Gasteiger partial charge on any atom is 0.251 e. The van der Waals surface area contributed by atoms with Gasteiger partial charge < -0.3 is 5.32 Å². The van der Waals surface area contributed by atoms with Crippen LogP contribution in [0.15, 0.2) is 18.2 Å². The second-order valence-corrected chi connectivity index (χ2v) is 7.42. The number of benzene rings is 1. The molecule has 0 aromatic heterocycles. The second kappa shape index (κ2) is 6.45. The van der Waals surface area contributed by atoms with E-state index in [2.05, 4.69) is 5.32 Å². The molecule has 1 amide bonds. The molecule has 0 atom stereocenters. The highest BCUT2D eigenvalue weighted by Crippen LogP contribution is 2.27. The number of amides is 1. The molecule has 0 aliphatic rings. The summed E-state index contributed by atoms with van der Waals surface area (Å²) in [4.78, 5) is 12.0. The van der Waals surface area contributed by atoms with Gasteiger partial charge in [-0.2, -0.15) is 0 Å². The lowest BCUT2D eigenvalue weighted by atomic mass is 10.1. The zero-order valence-electron chi connectivity index (χ0n) is 12.0. The lowest BCUT2D eigenvalue weighted by molar-refractivity contribution is 0.0949. The van der Waals surface area contributed by atoms with Crippen molar-refractivity contribution in [3.8, 4) is 0 Å². The third-order valence-corrected chi connectivity index (χ3v) is 4.23. The number of anilines is 1. The maximum absolute atomic E-state index is 12.0. The Morgan fingerprint density at radius 3 is 2.50 bits per heavy atom. The highest BCUT2D eigenvalue weighted by Gasteiger charge is 2.17. The zero-order valence-corrected chi connectivity index (χ0v) is 13.5. The van der Waals surface area contributed by atoms with Crippen LogP contribution in [0.3, 0.4) is 0 Å². The molecule has 0 saturated heterocycles. The van der Waals surface area contributed by atoms with Gasteiger partial charge in [-0.1, -0.05) is 25.4 Å². The Labute approximate surface area is 125 Å². The Balaban J connectivity index is 3.06. The molecule has 112 valence electrons. The van der Waals surface area contributed by atoms with Gasteiger partial charge in [0.1, 0.15) is 0 Å². The molecular formula is C13H19ClN2O3S. The van der Waals surface area contributed by atoms with Gasteiger partial charge in [-0.05, 0) is 24.1 Å². The molecule has 1 aromatic carbocycles. The normalized spacial score (nSPS) is 11.5. The van der Waals surface area contributed by atoms with Gasteiger partial charge in [0.05, 0.1) is 17.0 Å². The number of hydrogen-bond donors (Lipinski definition) is 1. The van der Waals surface area contributed by atoms with Crippen LogP contribution in [0.1, 0.15) is 24.2 Å². The largest absolute Gasteiger partial charge is 0.352 e. The minimum absolute atomic E-state index is 0.251. The number of carbonyl (C=O) groups excluding carboxylic acids is 1. The smallest absolute Gasteiger partial charge is 0.251 e. The molecule has 0 spiro atoms. The van der Waals surface area contributed by atoms with E-state index in [-0.39, 0.29) is 16.6 Å². The van der Waals surface area contributed by atoms with Gasteiger partial charge in [0.25, 0.3) is 5.91 Å². The van der Waals surface area contributed by atoms with E-state index in [9.17, 15) is 13.2 Å². The van der Waals surface area contributed by atoms with Crippen molar-refractivity contribution in [1.82, 2.24) is 5.32 Å². The molecule has 0 fully saturated rings. The van der Waals surface area contributed by atoms with Crippen molar-refractivity contribution in [3.05, 3.63) is 28.8 Å². The number of halogens is 1. The molecule has 0 unspecified atom stereocenters. The first-order valence-corrected chi connectivity index (χ1v) is 8.37. The summed E-state index contributed by atoms with van der Waals surface area (Å²) < 4.78 is 24.1. The molecule has 0 radical (unpaired) electrons. The molecule has 0 saturated carbocycles. The highest BCUT2D eigenvalue weighted by atomic mass is 35.5. The fourth-order valence-electron chi connectivity index (χ4n) is 1.47. The van der Waals surface area contributed by atoms with Gasteiger partial charge in [0, 0.05) is 19.2 Å². The minimum atomic E-state index is -3.43. The molecule has 5 nitrogen and oxygen atoms in total. The van der Waals surface area contributed by atoms with Crippen LogP contribution in [0.4, 0.5) is 5.69 Å². The number of carbonyl (C=O) groups is 1. The van der Waals surface area contributed by atoms with E-state index in [1.54, 1.807) is 6.07 Å². The Morgan fingerprint density at radius 1 is 1.40 bits per heavy atom. The van der Waals surface area contributed by atoms with Crippen molar-refractivity contribution in [2.45, 2.75) is 13.8 Å². The summed E-state index contributed by atoms with van der Waals surface area (Å²) in [7, 11) is -2.03. The first-order chi connectivity index (χ1) is 9.12. The molecule has 0 heterocycles. The zero-order chi connectivity index (χ0) is 15.5. The van der Waals surface area contributed by atoms with Crippen molar-refractivity contribution in [2.24, 2.45) is 5.92 Å². The van der Waals surface area contributed by atoms with E-state index in [0.717, 1.165) is 10.6 Å². The number of sulfonamides is 1. The van der Waals surface area contributed by atoms with Crippen LogP contribution in [0.5, 0.6) is 0 Å². The van der Waals surface area contributed by atoms with Crippen molar-refractivity contribution in [1.29, 1.82) is 0 Å². The fraction of sp³-hybridized carbons (Fsp3) is 0.462. The number of hydrogen-bond acceptors (Lipinski definition) is 3. The molecule has 20 heavy (non-hydrogen) atoms. The molecule has 7 heteroatoms. The third kappa shape index (κ3) is 4.38. The lowest BCUT2D eigenvalue weighted by Crippen LogP contribution is -2.28. The topological polar surface area (TPSA) is 66.5 Å². The summed E-state index contributed by atoms with van der Waals surface area (Å²) in [6, 6.07) is 4.56. The van der Waals surface area contributed by atoms with E-state index in [0.29, 0.717) is 18.0 Å². The van der Waals surface area contributed by atoms with Crippen LogP contribution in [0, 0.1) is 5.92 Å².